The lowest BCUT2D eigenvalue weighted by Gasteiger charge is -2.21. The first-order chi connectivity index (χ1) is 20.1. The smallest absolute Gasteiger partial charge is 0.203 e. The van der Waals surface area contributed by atoms with E-state index in [-0.39, 0.29) is 12.4 Å². The predicted molar refractivity (Wildman–Crippen MR) is 173 cm³/mol. The fourth-order valence-electron chi connectivity index (χ4n) is 5.17. The number of unbranched alkanes of at least 4 members (excludes halogenated alkanes) is 2. The summed E-state index contributed by atoms with van der Waals surface area (Å²) in [5.74, 6) is 3.94. The van der Waals surface area contributed by atoms with E-state index >= 15 is 0 Å². The maximum atomic E-state index is 5.46. The number of allylic oxidation sites excluding steroid dienone is 2. The summed E-state index contributed by atoms with van der Waals surface area (Å²) in [4.78, 5) is 5.22. The van der Waals surface area contributed by atoms with E-state index in [2.05, 4.69) is 34.1 Å². The highest BCUT2D eigenvalue weighted by Crippen LogP contribution is 2.39. The fraction of sp³-hybridized carbons (Fsp3) is 0.515. The molecule has 3 rings (SSSR count). The Morgan fingerprint density at radius 3 is 1.21 bits per heavy atom. The molecule has 0 radical (unpaired) electrons. The molecule has 1 saturated heterocycles. The lowest BCUT2D eigenvalue weighted by molar-refractivity contribution is 0.254. The van der Waals surface area contributed by atoms with Crippen molar-refractivity contribution in [3.8, 4) is 34.5 Å². The zero-order valence-electron chi connectivity index (χ0n) is 26.1. The Morgan fingerprint density at radius 2 is 0.905 bits per heavy atom. The molecule has 0 amide bonds. The number of methoxy groups -OCH3 is 6. The Balaban J connectivity index is 0.00000616. The van der Waals surface area contributed by atoms with Crippen LogP contribution < -0.4 is 28.4 Å². The molecule has 0 saturated carbocycles. The predicted octanol–water partition coefficient (Wildman–Crippen LogP) is 6.45. The van der Waals surface area contributed by atoms with Crippen LogP contribution in [0.4, 0.5) is 0 Å². The molecule has 8 nitrogen and oxygen atoms in total. The van der Waals surface area contributed by atoms with E-state index in [1.807, 2.05) is 24.3 Å². The second-order valence-electron chi connectivity index (χ2n) is 10.0. The first-order valence-corrected chi connectivity index (χ1v) is 14.4. The number of halogens is 1. The molecule has 234 valence electrons. The van der Waals surface area contributed by atoms with E-state index < -0.39 is 0 Å². The molecule has 2 aromatic rings. The van der Waals surface area contributed by atoms with Crippen LogP contribution in [0.2, 0.25) is 0 Å². The van der Waals surface area contributed by atoms with Crippen molar-refractivity contribution in [2.45, 2.75) is 32.1 Å². The van der Waals surface area contributed by atoms with Crippen LogP contribution in [0.25, 0.3) is 12.2 Å². The number of hydrogen-bond acceptors (Lipinski definition) is 8. The van der Waals surface area contributed by atoms with Gasteiger partial charge in [0.05, 0.1) is 42.7 Å². The average Bonchev–Trinajstić information content (AvgIpc) is 3.24. The maximum absolute atomic E-state index is 5.46. The van der Waals surface area contributed by atoms with Gasteiger partial charge in [0.1, 0.15) is 0 Å². The Hall–Kier alpha value is -3.07. The van der Waals surface area contributed by atoms with Crippen LogP contribution in [0.5, 0.6) is 34.5 Å². The van der Waals surface area contributed by atoms with Gasteiger partial charge in [-0.15, -0.1) is 12.4 Å². The zero-order chi connectivity index (χ0) is 29.5. The molecule has 1 aliphatic rings. The van der Waals surface area contributed by atoms with Crippen molar-refractivity contribution in [2.24, 2.45) is 0 Å². The third-order valence-electron chi connectivity index (χ3n) is 7.37. The Labute approximate surface area is 258 Å². The van der Waals surface area contributed by atoms with E-state index in [9.17, 15) is 0 Å². The van der Waals surface area contributed by atoms with Crippen LogP contribution in [0.15, 0.2) is 36.4 Å². The van der Waals surface area contributed by atoms with Gasteiger partial charge in [-0.3, -0.25) is 0 Å². The van der Waals surface area contributed by atoms with Gasteiger partial charge in [0.25, 0.3) is 0 Å². The summed E-state index contributed by atoms with van der Waals surface area (Å²) in [6, 6.07) is 7.91. The van der Waals surface area contributed by atoms with Crippen molar-refractivity contribution in [2.75, 3.05) is 81.9 Å². The summed E-state index contributed by atoms with van der Waals surface area (Å²) in [7, 11) is 9.81. The summed E-state index contributed by atoms with van der Waals surface area (Å²) in [6.45, 7) is 6.88. The van der Waals surface area contributed by atoms with Gasteiger partial charge in [-0.25, -0.2) is 0 Å². The van der Waals surface area contributed by atoms with Crippen molar-refractivity contribution >= 4 is 24.6 Å². The van der Waals surface area contributed by atoms with Crippen LogP contribution in [-0.2, 0) is 0 Å². The third kappa shape index (κ3) is 10.3. The van der Waals surface area contributed by atoms with E-state index in [1.54, 1.807) is 42.7 Å². The largest absolute Gasteiger partial charge is 0.493 e. The topological polar surface area (TPSA) is 61.9 Å². The molecule has 0 N–H and O–H groups in total. The summed E-state index contributed by atoms with van der Waals surface area (Å²) in [5.41, 5.74) is 2.09. The minimum atomic E-state index is 0. The summed E-state index contributed by atoms with van der Waals surface area (Å²) in [6.07, 6.45) is 14.3. The van der Waals surface area contributed by atoms with Gasteiger partial charge in [0.2, 0.25) is 11.5 Å². The molecule has 0 aromatic heterocycles. The maximum Gasteiger partial charge on any atom is 0.203 e. The van der Waals surface area contributed by atoms with Crippen molar-refractivity contribution in [3.63, 3.8) is 0 Å². The quantitative estimate of drug-likeness (QED) is 0.203. The van der Waals surface area contributed by atoms with Crippen LogP contribution in [0.3, 0.4) is 0 Å². The SMILES string of the molecule is COc1cc(C=CCCCN2CCCN(CCCC=Cc3cc(OC)c(OC)c(OC)c3)CC2)cc(OC)c1OC.Cl. The summed E-state index contributed by atoms with van der Waals surface area (Å²) < 4.78 is 32.7. The van der Waals surface area contributed by atoms with Crippen LogP contribution in [0, 0.1) is 0 Å². The van der Waals surface area contributed by atoms with Crippen molar-refractivity contribution < 1.29 is 28.4 Å². The highest BCUT2D eigenvalue weighted by atomic mass is 35.5. The standard InChI is InChI=1S/C33H48N2O6.ClH/c1-36-28-22-26(23-29(37-2)32(28)40-5)14-9-7-11-16-34-18-13-19-35(21-20-34)17-12-8-10-15-27-24-30(38-3)33(41-6)31(25-27)39-4;/h9-10,14-15,22-25H,7-8,11-13,16-21H2,1-6H3;1H. The molecular weight excluding hydrogens is 556 g/mol. The van der Waals surface area contributed by atoms with Gasteiger partial charge in [-0.05, 0) is 93.7 Å². The molecular formula is C33H49ClN2O6. The van der Waals surface area contributed by atoms with Gasteiger partial charge in [0.15, 0.2) is 23.0 Å². The average molecular weight is 605 g/mol. The first-order valence-electron chi connectivity index (χ1n) is 14.4. The zero-order valence-corrected chi connectivity index (χ0v) is 27.0. The molecule has 0 aliphatic carbocycles. The Bertz CT molecular complexity index is 1000. The van der Waals surface area contributed by atoms with E-state index in [1.165, 1.54) is 19.5 Å². The lowest BCUT2D eigenvalue weighted by atomic mass is 10.1. The molecule has 42 heavy (non-hydrogen) atoms. The molecule has 0 bridgehead atoms. The molecule has 9 heteroatoms. The van der Waals surface area contributed by atoms with Crippen LogP contribution in [0.1, 0.15) is 43.2 Å². The van der Waals surface area contributed by atoms with Gasteiger partial charge >= 0.3 is 0 Å². The van der Waals surface area contributed by atoms with Gasteiger partial charge in [-0.1, -0.05) is 24.3 Å². The number of benzene rings is 2. The second-order valence-corrected chi connectivity index (χ2v) is 10.0. The molecule has 0 spiro atoms. The van der Waals surface area contributed by atoms with Gasteiger partial charge in [-0.2, -0.15) is 0 Å². The van der Waals surface area contributed by atoms with Gasteiger partial charge < -0.3 is 38.2 Å². The van der Waals surface area contributed by atoms with Gasteiger partial charge in [0, 0.05) is 13.1 Å². The van der Waals surface area contributed by atoms with E-state index in [0.29, 0.717) is 34.5 Å². The normalized spacial score (nSPS) is 14.4. The summed E-state index contributed by atoms with van der Waals surface area (Å²) in [5, 5.41) is 0. The molecule has 0 unspecified atom stereocenters. The highest BCUT2D eigenvalue weighted by molar-refractivity contribution is 5.85. The van der Waals surface area contributed by atoms with Crippen molar-refractivity contribution in [3.05, 3.63) is 47.5 Å². The van der Waals surface area contributed by atoms with Crippen LogP contribution >= 0.6 is 12.4 Å². The molecule has 1 fully saturated rings. The summed E-state index contributed by atoms with van der Waals surface area (Å²) >= 11 is 0. The minimum absolute atomic E-state index is 0. The van der Waals surface area contributed by atoms with Crippen molar-refractivity contribution in [1.82, 2.24) is 9.80 Å². The Kier molecular flexibility index (Phi) is 16.0. The molecule has 1 heterocycles. The monoisotopic (exact) mass is 604 g/mol. The Morgan fingerprint density at radius 1 is 0.548 bits per heavy atom. The molecule has 1 aliphatic heterocycles. The molecule has 0 atom stereocenters. The fourth-order valence-corrected chi connectivity index (χ4v) is 5.17. The van der Waals surface area contributed by atoms with Crippen molar-refractivity contribution in [1.29, 1.82) is 0 Å². The minimum Gasteiger partial charge on any atom is -0.493 e. The van der Waals surface area contributed by atoms with Crippen LogP contribution in [-0.4, -0.2) is 91.7 Å². The highest BCUT2D eigenvalue weighted by Gasteiger charge is 2.15. The molecule has 2 aromatic carbocycles. The first kappa shape index (κ1) is 35.1. The lowest BCUT2D eigenvalue weighted by Crippen LogP contribution is -2.31. The number of hydrogen-bond donors (Lipinski definition) is 0. The number of rotatable bonds is 16. The second kappa shape index (κ2) is 19.2. The van der Waals surface area contributed by atoms with E-state index in [0.717, 1.165) is 63.0 Å². The number of ether oxygens (including phenoxy) is 6. The third-order valence-corrected chi connectivity index (χ3v) is 7.37. The number of nitrogens with zero attached hydrogens (tertiary/aromatic N) is 2. The van der Waals surface area contributed by atoms with E-state index in [4.69, 9.17) is 28.4 Å².